The highest BCUT2D eigenvalue weighted by molar-refractivity contribution is 5.94. The highest BCUT2D eigenvalue weighted by atomic mass is 16.3. The lowest BCUT2D eigenvalue weighted by molar-refractivity contribution is -0.135. The molecule has 0 aliphatic carbocycles. The van der Waals surface area contributed by atoms with Gasteiger partial charge >= 0.3 is 0 Å². The summed E-state index contributed by atoms with van der Waals surface area (Å²) >= 11 is 0. The number of likely N-dealkylation sites (tertiary alicyclic amines) is 1. The Kier molecular flexibility index (Phi) is 7.63. The summed E-state index contributed by atoms with van der Waals surface area (Å²) in [5, 5.41) is 12.1. The first-order valence-electron chi connectivity index (χ1n) is 12.3. The van der Waals surface area contributed by atoms with Crippen LogP contribution in [0.3, 0.4) is 0 Å². The molecule has 1 aromatic carbocycles. The van der Waals surface area contributed by atoms with Gasteiger partial charge in [0.15, 0.2) is 0 Å². The number of hydrogen-bond acceptors (Lipinski definition) is 5. The number of pyridine rings is 1. The molecule has 7 heteroatoms. The average molecular weight is 465 g/mol. The second kappa shape index (κ2) is 10.7. The van der Waals surface area contributed by atoms with E-state index in [4.69, 9.17) is 10.1 Å². The third kappa shape index (κ3) is 5.47. The van der Waals surface area contributed by atoms with E-state index in [1.807, 2.05) is 6.07 Å². The molecule has 34 heavy (non-hydrogen) atoms. The van der Waals surface area contributed by atoms with Crippen LogP contribution in [0, 0.1) is 18.8 Å². The number of aryl methyl sites for hydroxylation is 1. The summed E-state index contributed by atoms with van der Waals surface area (Å²) < 4.78 is 0. The Bertz CT molecular complexity index is 1010. The molecule has 3 heterocycles. The Labute approximate surface area is 202 Å². The van der Waals surface area contributed by atoms with Gasteiger partial charge in [-0.15, -0.1) is 0 Å². The van der Waals surface area contributed by atoms with Crippen LogP contribution in [0.5, 0.6) is 0 Å². The standard InChI is InChI=1S/C27H36N4O3/c1-18(2)26-25-23(16-31(26)15-21-6-4-19(3)5-7-21)12-22(14-28-25)27(34)29-13-20-8-10-30(11-9-20)24(33)17-32/h4-7,12,14,18,20,26,32H,8-11,13,15-17H2,1-3H3,(H,29,34). The maximum absolute atomic E-state index is 12.9. The van der Waals surface area contributed by atoms with E-state index in [1.165, 1.54) is 11.1 Å². The molecule has 2 aliphatic heterocycles. The van der Waals surface area contributed by atoms with E-state index in [2.05, 4.69) is 55.3 Å². The van der Waals surface area contributed by atoms with E-state index in [9.17, 15) is 9.59 Å². The zero-order chi connectivity index (χ0) is 24.2. The fourth-order valence-corrected chi connectivity index (χ4v) is 5.17. The van der Waals surface area contributed by atoms with Crippen molar-refractivity contribution in [2.24, 2.45) is 11.8 Å². The van der Waals surface area contributed by atoms with Crippen LogP contribution < -0.4 is 5.32 Å². The number of aromatic nitrogens is 1. The summed E-state index contributed by atoms with van der Waals surface area (Å²) in [7, 11) is 0. The molecular weight excluding hydrogens is 428 g/mol. The molecule has 4 rings (SSSR count). The van der Waals surface area contributed by atoms with E-state index in [0.717, 1.165) is 37.2 Å². The predicted molar refractivity (Wildman–Crippen MR) is 131 cm³/mol. The van der Waals surface area contributed by atoms with Crippen molar-refractivity contribution in [3.63, 3.8) is 0 Å². The first-order chi connectivity index (χ1) is 16.4. The summed E-state index contributed by atoms with van der Waals surface area (Å²) in [5.41, 5.74) is 5.37. The molecule has 2 aliphatic rings. The molecule has 0 bridgehead atoms. The van der Waals surface area contributed by atoms with Gasteiger partial charge in [0.2, 0.25) is 5.91 Å². The second-order valence-corrected chi connectivity index (χ2v) is 10.0. The van der Waals surface area contributed by atoms with Crippen LogP contribution in [0.1, 0.15) is 65.5 Å². The number of carbonyl (C=O) groups is 2. The van der Waals surface area contributed by atoms with Crippen LogP contribution in [-0.4, -0.2) is 57.9 Å². The van der Waals surface area contributed by atoms with Crippen molar-refractivity contribution in [1.29, 1.82) is 0 Å². The Hall–Kier alpha value is -2.77. The van der Waals surface area contributed by atoms with Crippen LogP contribution in [-0.2, 0) is 17.9 Å². The summed E-state index contributed by atoms with van der Waals surface area (Å²) in [5.74, 6) is 0.442. The maximum Gasteiger partial charge on any atom is 0.252 e. The molecule has 1 atom stereocenters. The summed E-state index contributed by atoms with van der Waals surface area (Å²) in [4.78, 5) is 33.4. The highest BCUT2D eigenvalue weighted by Gasteiger charge is 2.34. The third-order valence-corrected chi connectivity index (χ3v) is 7.10. The molecule has 2 aromatic rings. The number of amides is 2. The van der Waals surface area contributed by atoms with E-state index in [0.29, 0.717) is 37.0 Å². The molecular formula is C27H36N4O3. The number of aliphatic hydroxyl groups is 1. The molecule has 0 radical (unpaired) electrons. The summed E-state index contributed by atoms with van der Waals surface area (Å²) in [6, 6.07) is 10.9. The lowest BCUT2D eigenvalue weighted by atomic mass is 9.96. The van der Waals surface area contributed by atoms with Crippen LogP contribution in [0.2, 0.25) is 0 Å². The van der Waals surface area contributed by atoms with Gasteiger partial charge in [-0.1, -0.05) is 43.7 Å². The first kappa shape index (κ1) is 24.4. The number of carbonyl (C=O) groups excluding carboxylic acids is 2. The number of rotatable bonds is 7. The minimum atomic E-state index is -0.438. The number of nitrogens with zero attached hydrogens (tertiary/aromatic N) is 3. The number of benzene rings is 1. The van der Waals surface area contributed by atoms with Crippen LogP contribution >= 0.6 is 0 Å². The molecule has 1 saturated heterocycles. The van der Waals surface area contributed by atoms with Crippen molar-refractivity contribution in [1.82, 2.24) is 20.1 Å². The van der Waals surface area contributed by atoms with Crippen molar-refractivity contribution in [2.75, 3.05) is 26.2 Å². The molecule has 2 amide bonds. The summed E-state index contributed by atoms with van der Waals surface area (Å²) in [6.07, 6.45) is 3.37. The number of aliphatic hydroxyl groups excluding tert-OH is 1. The number of piperidine rings is 1. The normalized spacial score (nSPS) is 18.9. The lowest BCUT2D eigenvalue weighted by Crippen LogP contribution is -2.42. The van der Waals surface area contributed by atoms with E-state index in [1.54, 1.807) is 11.1 Å². The molecule has 7 nitrogen and oxygen atoms in total. The number of nitrogens with one attached hydrogen (secondary N) is 1. The lowest BCUT2D eigenvalue weighted by Gasteiger charge is -2.31. The van der Waals surface area contributed by atoms with Gasteiger partial charge in [-0.05, 0) is 48.8 Å². The predicted octanol–water partition coefficient (Wildman–Crippen LogP) is 3.06. The smallest absolute Gasteiger partial charge is 0.252 e. The molecule has 182 valence electrons. The van der Waals surface area contributed by atoms with Crippen molar-refractivity contribution < 1.29 is 14.7 Å². The van der Waals surface area contributed by atoms with Gasteiger partial charge in [-0.2, -0.15) is 0 Å². The fraction of sp³-hybridized carbons (Fsp3) is 0.519. The quantitative estimate of drug-likeness (QED) is 0.658. The van der Waals surface area contributed by atoms with Crippen LogP contribution in [0.25, 0.3) is 0 Å². The van der Waals surface area contributed by atoms with Crippen LogP contribution in [0.15, 0.2) is 36.5 Å². The molecule has 1 unspecified atom stereocenters. The van der Waals surface area contributed by atoms with E-state index < -0.39 is 6.61 Å². The topological polar surface area (TPSA) is 85.8 Å². The summed E-state index contributed by atoms with van der Waals surface area (Å²) in [6.45, 7) is 9.62. The molecule has 0 saturated carbocycles. The van der Waals surface area contributed by atoms with Gasteiger partial charge in [-0.25, -0.2) is 0 Å². The monoisotopic (exact) mass is 464 g/mol. The molecule has 1 fully saturated rings. The molecule has 2 N–H and O–H groups in total. The van der Waals surface area contributed by atoms with Crippen molar-refractivity contribution >= 4 is 11.8 Å². The second-order valence-electron chi connectivity index (χ2n) is 10.0. The number of fused-ring (bicyclic) bond motifs is 1. The Morgan fingerprint density at radius 3 is 2.53 bits per heavy atom. The van der Waals surface area contributed by atoms with Gasteiger partial charge in [0.05, 0.1) is 17.3 Å². The highest BCUT2D eigenvalue weighted by Crippen LogP contribution is 2.38. The van der Waals surface area contributed by atoms with Crippen LogP contribution in [0.4, 0.5) is 0 Å². The number of hydrogen-bond donors (Lipinski definition) is 2. The van der Waals surface area contributed by atoms with Crippen molar-refractivity contribution in [2.45, 2.75) is 52.7 Å². The first-order valence-corrected chi connectivity index (χ1v) is 12.3. The SMILES string of the molecule is Cc1ccc(CN2Cc3cc(C(=O)NCC4CCN(C(=O)CO)CC4)cnc3C2C(C)C)cc1. The average Bonchev–Trinajstić information content (AvgIpc) is 3.21. The minimum absolute atomic E-state index is 0.0951. The molecule has 0 spiro atoms. The largest absolute Gasteiger partial charge is 0.387 e. The maximum atomic E-state index is 12.9. The van der Waals surface area contributed by atoms with Gasteiger partial charge in [0.25, 0.3) is 5.91 Å². The Morgan fingerprint density at radius 1 is 1.18 bits per heavy atom. The Morgan fingerprint density at radius 2 is 1.88 bits per heavy atom. The Balaban J connectivity index is 1.37. The van der Waals surface area contributed by atoms with Crippen molar-refractivity contribution in [3.8, 4) is 0 Å². The zero-order valence-electron chi connectivity index (χ0n) is 20.5. The molecule has 1 aromatic heterocycles. The van der Waals surface area contributed by atoms with E-state index in [-0.39, 0.29) is 17.9 Å². The van der Waals surface area contributed by atoms with Gasteiger partial charge < -0.3 is 15.3 Å². The minimum Gasteiger partial charge on any atom is -0.387 e. The van der Waals surface area contributed by atoms with Gasteiger partial charge in [0, 0.05) is 38.9 Å². The van der Waals surface area contributed by atoms with Gasteiger partial charge in [-0.3, -0.25) is 19.5 Å². The fourth-order valence-electron chi connectivity index (χ4n) is 5.17. The zero-order valence-corrected chi connectivity index (χ0v) is 20.5. The van der Waals surface area contributed by atoms with Crippen molar-refractivity contribution in [3.05, 3.63) is 64.5 Å². The van der Waals surface area contributed by atoms with E-state index >= 15 is 0 Å². The van der Waals surface area contributed by atoms with Gasteiger partial charge in [0.1, 0.15) is 6.61 Å². The third-order valence-electron chi connectivity index (χ3n) is 7.10.